The lowest BCUT2D eigenvalue weighted by Crippen LogP contribution is -2.18. The van der Waals surface area contributed by atoms with Gasteiger partial charge in [-0.15, -0.1) is 12.4 Å². The number of aromatic nitrogens is 2. The Labute approximate surface area is 139 Å². The molecule has 9 heteroatoms. The number of aryl methyl sites for hydroxylation is 1. The molecule has 23 heavy (non-hydrogen) atoms. The van der Waals surface area contributed by atoms with Crippen LogP contribution in [0, 0.1) is 6.92 Å². The van der Waals surface area contributed by atoms with Crippen LogP contribution in [0.4, 0.5) is 5.69 Å². The molecular formula is C14H19ClN4O4. The number of carbonyl (C=O) groups is 1. The Kier molecular flexibility index (Phi) is 8.03. The highest BCUT2D eigenvalue weighted by Gasteiger charge is 2.06. The van der Waals surface area contributed by atoms with Crippen LogP contribution in [-0.2, 0) is 16.1 Å². The third kappa shape index (κ3) is 6.64. The first-order valence-electron chi connectivity index (χ1n) is 6.77. The summed E-state index contributed by atoms with van der Waals surface area (Å²) >= 11 is 0. The number of amides is 1. The minimum absolute atomic E-state index is 0. The molecule has 0 saturated heterocycles. The number of carbonyl (C=O) groups excluding carboxylic acids is 1. The van der Waals surface area contributed by atoms with Crippen LogP contribution in [0.25, 0.3) is 0 Å². The predicted molar refractivity (Wildman–Crippen MR) is 85.6 cm³/mol. The van der Waals surface area contributed by atoms with Crippen LogP contribution < -0.4 is 15.8 Å². The van der Waals surface area contributed by atoms with E-state index in [0.29, 0.717) is 36.3 Å². The Morgan fingerprint density at radius 1 is 1.35 bits per heavy atom. The summed E-state index contributed by atoms with van der Waals surface area (Å²) in [5.41, 5.74) is 6.01. The van der Waals surface area contributed by atoms with E-state index >= 15 is 0 Å². The van der Waals surface area contributed by atoms with E-state index in [0.717, 1.165) is 0 Å². The van der Waals surface area contributed by atoms with Gasteiger partial charge in [-0.05, 0) is 31.2 Å². The largest absolute Gasteiger partial charge is 0.492 e. The third-order valence-corrected chi connectivity index (χ3v) is 2.55. The average molecular weight is 343 g/mol. The first-order chi connectivity index (χ1) is 10.7. The molecule has 0 bridgehead atoms. The number of rotatable bonds is 8. The normalized spacial score (nSPS) is 10.0. The van der Waals surface area contributed by atoms with Crippen molar-refractivity contribution in [2.75, 3.05) is 25.1 Å². The quantitative estimate of drug-likeness (QED) is 0.743. The molecule has 2 aromatic rings. The van der Waals surface area contributed by atoms with Gasteiger partial charge >= 0.3 is 0 Å². The zero-order chi connectivity index (χ0) is 15.8. The maximum Gasteiger partial charge on any atom is 0.252 e. The van der Waals surface area contributed by atoms with Crippen molar-refractivity contribution in [3.8, 4) is 5.75 Å². The van der Waals surface area contributed by atoms with Crippen LogP contribution in [0.3, 0.4) is 0 Å². The molecule has 0 atom stereocenters. The number of anilines is 1. The Morgan fingerprint density at radius 2 is 2.09 bits per heavy atom. The Hall–Kier alpha value is -2.16. The third-order valence-electron chi connectivity index (χ3n) is 2.55. The van der Waals surface area contributed by atoms with Gasteiger partial charge in [-0.1, -0.05) is 5.16 Å². The van der Waals surface area contributed by atoms with Crippen LogP contribution in [0.1, 0.15) is 11.7 Å². The number of hydrogen-bond donors (Lipinski definition) is 2. The van der Waals surface area contributed by atoms with E-state index in [1.165, 1.54) is 0 Å². The minimum atomic E-state index is -0.271. The van der Waals surface area contributed by atoms with Gasteiger partial charge in [0, 0.05) is 12.2 Å². The number of nitrogens with two attached hydrogens (primary N) is 1. The number of nitrogens with one attached hydrogen (secondary N) is 1. The second-order valence-corrected chi connectivity index (χ2v) is 4.44. The summed E-state index contributed by atoms with van der Waals surface area (Å²) < 4.78 is 15.4. The summed E-state index contributed by atoms with van der Waals surface area (Å²) in [6.45, 7) is 2.61. The lowest BCUT2D eigenvalue weighted by molar-refractivity contribution is -0.121. The first-order valence-corrected chi connectivity index (χ1v) is 6.77. The topological polar surface area (TPSA) is 112 Å². The van der Waals surface area contributed by atoms with Crippen LogP contribution in [-0.4, -0.2) is 35.8 Å². The number of nitrogens with zero attached hydrogens (tertiary/aromatic N) is 2. The Bertz CT molecular complexity index is 603. The van der Waals surface area contributed by atoms with E-state index in [4.69, 9.17) is 19.7 Å². The van der Waals surface area contributed by atoms with Crippen LogP contribution in [0.5, 0.6) is 5.75 Å². The lowest BCUT2D eigenvalue weighted by atomic mass is 10.3. The standard InChI is InChI=1S/C14H18N4O4.ClH/c1-10-16-14(22-18-10)9-20-8-13(19)17-11-2-4-12(5-3-11)21-7-6-15;/h2-5H,6-9,15H2,1H3,(H,17,19);1H. The SMILES string of the molecule is Cc1noc(COCC(=O)Nc2ccc(OCCN)cc2)n1.Cl. The van der Waals surface area contributed by atoms with Gasteiger partial charge < -0.3 is 25.0 Å². The van der Waals surface area contributed by atoms with Crippen LogP contribution in [0.2, 0.25) is 0 Å². The summed E-state index contributed by atoms with van der Waals surface area (Å²) in [6, 6.07) is 7.00. The molecule has 2 rings (SSSR count). The highest BCUT2D eigenvalue weighted by molar-refractivity contribution is 5.91. The molecule has 1 aromatic carbocycles. The lowest BCUT2D eigenvalue weighted by Gasteiger charge is -2.07. The summed E-state index contributed by atoms with van der Waals surface area (Å²) in [5.74, 6) is 1.30. The molecule has 0 radical (unpaired) electrons. The van der Waals surface area contributed by atoms with Crippen molar-refractivity contribution in [1.82, 2.24) is 10.1 Å². The molecule has 0 spiro atoms. The molecule has 1 amide bonds. The van der Waals surface area contributed by atoms with E-state index in [2.05, 4.69) is 15.5 Å². The van der Waals surface area contributed by atoms with E-state index in [9.17, 15) is 4.79 Å². The zero-order valence-corrected chi connectivity index (χ0v) is 13.5. The van der Waals surface area contributed by atoms with E-state index in [-0.39, 0.29) is 31.5 Å². The predicted octanol–water partition coefficient (Wildman–Crippen LogP) is 1.29. The van der Waals surface area contributed by atoms with Crippen molar-refractivity contribution in [3.05, 3.63) is 36.0 Å². The molecular weight excluding hydrogens is 324 g/mol. The molecule has 0 fully saturated rings. The van der Waals surface area contributed by atoms with Crippen molar-refractivity contribution < 1.29 is 18.8 Å². The van der Waals surface area contributed by atoms with E-state index in [1.807, 2.05) is 0 Å². The van der Waals surface area contributed by atoms with Gasteiger partial charge in [0.15, 0.2) is 5.82 Å². The van der Waals surface area contributed by atoms with Gasteiger partial charge in [0.25, 0.3) is 5.89 Å². The van der Waals surface area contributed by atoms with Gasteiger partial charge in [-0.2, -0.15) is 4.98 Å². The highest BCUT2D eigenvalue weighted by Crippen LogP contribution is 2.15. The molecule has 0 saturated carbocycles. The molecule has 8 nitrogen and oxygen atoms in total. The summed E-state index contributed by atoms with van der Waals surface area (Å²) in [6.07, 6.45) is 0. The van der Waals surface area contributed by atoms with Gasteiger partial charge in [0.1, 0.15) is 25.6 Å². The zero-order valence-electron chi connectivity index (χ0n) is 12.7. The summed E-state index contributed by atoms with van der Waals surface area (Å²) in [7, 11) is 0. The number of benzene rings is 1. The van der Waals surface area contributed by atoms with Crippen molar-refractivity contribution in [3.63, 3.8) is 0 Å². The van der Waals surface area contributed by atoms with Crippen LogP contribution in [0.15, 0.2) is 28.8 Å². The van der Waals surface area contributed by atoms with Crippen molar-refractivity contribution in [1.29, 1.82) is 0 Å². The van der Waals surface area contributed by atoms with Crippen molar-refractivity contribution in [2.45, 2.75) is 13.5 Å². The van der Waals surface area contributed by atoms with E-state index in [1.54, 1.807) is 31.2 Å². The molecule has 1 aromatic heterocycles. The summed E-state index contributed by atoms with van der Waals surface area (Å²) in [5, 5.41) is 6.33. The smallest absolute Gasteiger partial charge is 0.252 e. The molecule has 0 aliphatic rings. The van der Waals surface area contributed by atoms with Crippen molar-refractivity contribution in [2.24, 2.45) is 5.73 Å². The molecule has 3 N–H and O–H groups in total. The monoisotopic (exact) mass is 342 g/mol. The molecule has 0 aliphatic heterocycles. The molecule has 0 aliphatic carbocycles. The van der Waals surface area contributed by atoms with Gasteiger partial charge in [-0.3, -0.25) is 4.79 Å². The number of hydrogen-bond acceptors (Lipinski definition) is 7. The first kappa shape index (κ1) is 18.9. The highest BCUT2D eigenvalue weighted by atomic mass is 35.5. The van der Waals surface area contributed by atoms with Gasteiger partial charge in [0.05, 0.1) is 0 Å². The fourth-order valence-corrected chi connectivity index (χ4v) is 1.64. The minimum Gasteiger partial charge on any atom is -0.492 e. The molecule has 126 valence electrons. The second-order valence-electron chi connectivity index (χ2n) is 4.44. The van der Waals surface area contributed by atoms with E-state index < -0.39 is 0 Å². The Balaban J connectivity index is 0.00000264. The fourth-order valence-electron chi connectivity index (χ4n) is 1.64. The van der Waals surface area contributed by atoms with Crippen molar-refractivity contribution >= 4 is 24.0 Å². The maximum atomic E-state index is 11.7. The molecule has 1 heterocycles. The van der Waals surface area contributed by atoms with Gasteiger partial charge in [-0.25, -0.2) is 0 Å². The van der Waals surface area contributed by atoms with Crippen LogP contribution >= 0.6 is 12.4 Å². The van der Waals surface area contributed by atoms with Gasteiger partial charge in [0.2, 0.25) is 5.91 Å². The number of halogens is 1. The molecule has 0 unspecified atom stereocenters. The fraction of sp³-hybridized carbons (Fsp3) is 0.357. The number of ether oxygens (including phenoxy) is 2. The average Bonchev–Trinajstić information content (AvgIpc) is 2.92. The second kappa shape index (κ2) is 9.78. The summed E-state index contributed by atoms with van der Waals surface area (Å²) in [4.78, 5) is 15.7. The Morgan fingerprint density at radius 3 is 2.70 bits per heavy atom. The maximum absolute atomic E-state index is 11.7.